The second-order valence-electron chi connectivity index (χ2n) is 7.89. The van der Waals surface area contributed by atoms with Gasteiger partial charge in [0.2, 0.25) is 0 Å². The lowest BCUT2D eigenvalue weighted by Gasteiger charge is -2.25. The quantitative estimate of drug-likeness (QED) is 0.342. The van der Waals surface area contributed by atoms with Crippen LogP contribution in [0.5, 0.6) is 0 Å². The zero-order chi connectivity index (χ0) is 24.4. The first-order valence-corrected chi connectivity index (χ1v) is 12.8. The van der Waals surface area contributed by atoms with Crippen LogP contribution in [0.25, 0.3) is 11.8 Å². The maximum Gasteiger partial charge on any atom is 0.338 e. The Bertz CT molecular complexity index is 1590. The van der Waals surface area contributed by atoms with Crippen LogP contribution < -0.4 is 14.9 Å². The summed E-state index contributed by atoms with van der Waals surface area (Å²) in [5, 5.41) is 0. The topological polar surface area (TPSA) is 60.7 Å². The Labute approximate surface area is 214 Å². The fourth-order valence-corrected chi connectivity index (χ4v) is 5.37. The maximum absolute atomic E-state index is 13.7. The van der Waals surface area contributed by atoms with Gasteiger partial charge in [0.25, 0.3) is 5.56 Å². The summed E-state index contributed by atoms with van der Waals surface area (Å²) in [6, 6.07) is 26.2. The number of fused-ring (bicyclic) bond motifs is 1. The molecule has 3 aromatic carbocycles. The molecule has 0 fully saturated rings. The smallest absolute Gasteiger partial charge is 0.338 e. The minimum Gasteiger partial charge on any atom is -0.463 e. The van der Waals surface area contributed by atoms with Crippen molar-refractivity contribution in [1.29, 1.82) is 0 Å². The number of carbonyl (C=O) groups excluding carboxylic acids is 1. The summed E-state index contributed by atoms with van der Waals surface area (Å²) in [6.07, 6.45) is 1.86. The molecule has 0 saturated carbocycles. The molecule has 174 valence electrons. The number of thiazole rings is 1. The molecule has 5 nitrogen and oxygen atoms in total. The van der Waals surface area contributed by atoms with Crippen LogP contribution in [0, 0.1) is 0 Å². The van der Waals surface area contributed by atoms with Gasteiger partial charge in [-0.2, -0.15) is 0 Å². The van der Waals surface area contributed by atoms with Crippen LogP contribution in [0.4, 0.5) is 0 Å². The number of aromatic nitrogens is 1. The van der Waals surface area contributed by atoms with Crippen LogP contribution in [-0.4, -0.2) is 17.1 Å². The first-order valence-electron chi connectivity index (χ1n) is 11.2. The summed E-state index contributed by atoms with van der Waals surface area (Å²) >= 11 is 4.76. The number of ether oxygens (including phenoxy) is 1. The lowest BCUT2D eigenvalue weighted by molar-refractivity contribution is -0.138. The number of esters is 1. The summed E-state index contributed by atoms with van der Waals surface area (Å²) in [5.74, 6) is -0.480. The van der Waals surface area contributed by atoms with Gasteiger partial charge in [-0.25, -0.2) is 9.79 Å². The Morgan fingerprint density at radius 1 is 1.03 bits per heavy atom. The summed E-state index contributed by atoms with van der Waals surface area (Å²) < 4.78 is 8.60. The van der Waals surface area contributed by atoms with Crippen molar-refractivity contribution >= 4 is 45.0 Å². The Morgan fingerprint density at radius 2 is 1.69 bits per heavy atom. The highest BCUT2D eigenvalue weighted by molar-refractivity contribution is 9.10. The molecule has 2 heterocycles. The number of halogens is 1. The van der Waals surface area contributed by atoms with Gasteiger partial charge in [0.1, 0.15) is 0 Å². The van der Waals surface area contributed by atoms with E-state index in [0.29, 0.717) is 20.6 Å². The minimum atomic E-state index is -0.659. The maximum atomic E-state index is 13.7. The number of hydrogen-bond donors (Lipinski definition) is 0. The molecule has 0 N–H and O–H groups in total. The third-order valence-electron chi connectivity index (χ3n) is 5.66. The van der Waals surface area contributed by atoms with Gasteiger partial charge in [-0.15, -0.1) is 0 Å². The molecule has 35 heavy (non-hydrogen) atoms. The van der Waals surface area contributed by atoms with Gasteiger partial charge in [-0.3, -0.25) is 9.36 Å². The predicted molar refractivity (Wildman–Crippen MR) is 142 cm³/mol. The number of nitrogens with zero attached hydrogens (tertiary/aromatic N) is 2. The van der Waals surface area contributed by atoms with Gasteiger partial charge in [-0.1, -0.05) is 100 Å². The number of rotatable bonds is 5. The summed E-state index contributed by atoms with van der Waals surface area (Å²) in [7, 11) is 0. The van der Waals surface area contributed by atoms with Gasteiger partial charge in [0, 0.05) is 10.0 Å². The zero-order valence-corrected chi connectivity index (χ0v) is 21.3. The van der Waals surface area contributed by atoms with Crippen LogP contribution in [0.1, 0.15) is 29.7 Å². The summed E-state index contributed by atoms with van der Waals surface area (Å²) in [4.78, 5) is 32.5. The van der Waals surface area contributed by atoms with E-state index in [1.54, 1.807) is 11.5 Å². The molecule has 0 bridgehead atoms. The molecule has 5 rings (SSSR count). The lowest BCUT2D eigenvalue weighted by Crippen LogP contribution is -2.39. The van der Waals surface area contributed by atoms with Crippen LogP contribution in [0.3, 0.4) is 0 Å². The zero-order valence-electron chi connectivity index (χ0n) is 18.9. The number of hydrogen-bond acceptors (Lipinski definition) is 5. The van der Waals surface area contributed by atoms with Crippen molar-refractivity contribution in [3.05, 3.63) is 131 Å². The third kappa shape index (κ3) is 4.57. The van der Waals surface area contributed by atoms with Crippen LogP contribution in [-0.2, 0) is 9.53 Å². The van der Waals surface area contributed by atoms with E-state index in [0.717, 1.165) is 21.2 Å². The first kappa shape index (κ1) is 23.2. The minimum absolute atomic E-state index is 0.195. The molecule has 0 spiro atoms. The van der Waals surface area contributed by atoms with E-state index in [-0.39, 0.29) is 12.2 Å². The van der Waals surface area contributed by atoms with Crippen LogP contribution in [0.2, 0.25) is 0 Å². The Balaban J connectivity index is 1.82. The molecule has 7 heteroatoms. The average molecular weight is 545 g/mol. The largest absolute Gasteiger partial charge is 0.463 e. The Kier molecular flexibility index (Phi) is 6.61. The van der Waals surface area contributed by atoms with E-state index in [4.69, 9.17) is 9.73 Å². The molecule has 4 aromatic rings. The highest BCUT2D eigenvalue weighted by Crippen LogP contribution is 2.35. The van der Waals surface area contributed by atoms with Crippen LogP contribution >= 0.6 is 27.3 Å². The van der Waals surface area contributed by atoms with Crippen molar-refractivity contribution in [3.63, 3.8) is 0 Å². The van der Waals surface area contributed by atoms with E-state index in [2.05, 4.69) is 15.9 Å². The van der Waals surface area contributed by atoms with E-state index >= 15 is 0 Å². The number of carbonyl (C=O) groups is 1. The molecule has 1 aliphatic heterocycles. The van der Waals surface area contributed by atoms with Crippen LogP contribution in [0.15, 0.2) is 105 Å². The van der Waals surface area contributed by atoms with Gasteiger partial charge in [0.15, 0.2) is 4.80 Å². The second kappa shape index (κ2) is 9.98. The molecule has 0 saturated heterocycles. The molecule has 0 radical (unpaired) electrons. The first-order chi connectivity index (χ1) is 17.1. The van der Waals surface area contributed by atoms with Gasteiger partial charge in [-0.05, 0) is 36.3 Å². The van der Waals surface area contributed by atoms with Crippen molar-refractivity contribution in [3.8, 4) is 0 Å². The molecule has 1 aromatic heterocycles. The monoisotopic (exact) mass is 544 g/mol. The van der Waals surface area contributed by atoms with Crippen molar-refractivity contribution in [2.45, 2.75) is 13.0 Å². The van der Waals surface area contributed by atoms with Gasteiger partial charge in [0.05, 0.1) is 28.5 Å². The Morgan fingerprint density at radius 3 is 2.34 bits per heavy atom. The van der Waals surface area contributed by atoms with Crippen molar-refractivity contribution in [2.75, 3.05) is 6.61 Å². The van der Waals surface area contributed by atoms with Crippen molar-refractivity contribution in [2.24, 2.45) is 4.99 Å². The van der Waals surface area contributed by atoms with Crippen molar-refractivity contribution < 1.29 is 9.53 Å². The average Bonchev–Trinajstić information content (AvgIpc) is 3.20. The summed E-state index contributed by atoms with van der Waals surface area (Å²) in [5.41, 5.74) is 3.19. The summed E-state index contributed by atoms with van der Waals surface area (Å²) in [6.45, 7) is 1.99. The fraction of sp³-hybridized carbons (Fsp3) is 0.107. The SMILES string of the molecule is CCOC(=O)C1=C(c2ccccc2)N=c2sc(=Cc3ccc(Br)cc3)c(=O)n2C1c1ccccc1. The van der Waals surface area contributed by atoms with E-state index in [9.17, 15) is 9.59 Å². The van der Waals surface area contributed by atoms with Gasteiger partial charge < -0.3 is 4.74 Å². The van der Waals surface area contributed by atoms with Crippen molar-refractivity contribution in [1.82, 2.24) is 4.57 Å². The standard InChI is InChI=1S/C28H21BrN2O3S/c1-2-34-27(33)23-24(19-9-5-3-6-10-19)30-28-31(25(23)20-11-7-4-8-12-20)26(32)22(35-28)17-18-13-15-21(29)16-14-18/h3-17,25H,2H2,1H3. The van der Waals surface area contributed by atoms with E-state index < -0.39 is 12.0 Å². The Hall–Kier alpha value is -3.55. The van der Waals surface area contributed by atoms with Gasteiger partial charge >= 0.3 is 5.97 Å². The molecule has 1 atom stereocenters. The molecular formula is C28H21BrN2O3S. The second-order valence-corrected chi connectivity index (χ2v) is 9.82. The normalized spacial score (nSPS) is 15.5. The highest BCUT2D eigenvalue weighted by Gasteiger charge is 2.35. The highest BCUT2D eigenvalue weighted by atomic mass is 79.9. The molecule has 0 aliphatic carbocycles. The molecule has 1 aliphatic rings. The number of benzene rings is 3. The predicted octanol–water partition coefficient (Wildman–Crippen LogP) is 4.70. The third-order valence-corrected chi connectivity index (χ3v) is 7.17. The van der Waals surface area contributed by atoms with E-state index in [1.165, 1.54) is 11.3 Å². The fourth-order valence-electron chi connectivity index (χ4n) is 4.10. The lowest BCUT2D eigenvalue weighted by atomic mass is 9.93. The molecular weight excluding hydrogens is 524 g/mol. The molecule has 1 unspecified atom stereocenters. The molecule has 0 amide bonds. The van der Waals surface area contributed by atoms with E-state index in [1.807, 2.05) is 91.0 Å².